The Bertz CT molecular complexity index is 626. The molecule has 0 atom stereocenters. The highest BCUT2D eigenvalue weighted by atomic mass is 79.9. The summed E-state index contributed by atoms with van der Waals surface area (Å²) in [5, 5.41) is 3.76. The molecule has 0 fully saturated rings. The van der Waals surface area contributed by atoms with Crippen molar-refractivity contribution in [3.05, 3.63) is 69.2 Å². The van der Waals surface area contributed by atoms with E-state index in [2.05, 4.69) is 49.3 Å². The minimum atomic E-state index is -0.0511. The molecule has 0 spiro atoms. The minimum absolute atomic E-state index is 0.0511. The lowest BCUT2D eigenvalue weighted by Gasteiger charge is -2.08. The van der Waals surface area contributed by atoms with Gasteiger partial charge < -0.3 is 5.32 Å². The van der Waals surface area contributed by atoms with Gasteiger partial charge >= 0.3 is 0 Å². The third-order valence-corrected chi connectivity index (χ3v) is 4.56. The number of rotatable bonds is 4. The zero-order chi connectivity index (χ0) is 14.5. The van der Waals surface area contributed by atoms with Crippen LogP contribution in [0.15, 0.2) is 46.9 Å². The molecule has 0 aliphatic heterocycles. The lowest BCUT2D eigenvalue weighted by Crippen LogP contribution is -2.22. The Labute approximate surface area is 135 Å². The Hall–Kier alpha value is -1.13. The number of benzene rings is 2. The van der Waals surface area contributed by atoms with Crippen LogP contribution in [0, 0.1) is 6.92 Å². The van der Waals surface area contributed by atoms with Crippen LogP contribution in [0.4, 0.5) is 0 Å². The lowest BCUT2D eigenvalue weighted by molar-refractivity contribution is 0.0951. The molecule has 104 valence electrons. The molecule has 0 bridgehead atoms. The maximum Gasteiger partial charge on any atom is 0.251 e. The summed E-state index contributed by atoms with van der Waals surface area (Å²) in [6.45, 7) is 2.51. The molecule has 0 aromatic heterocycles. The molecule has 2 rings (SSSR count). The normalized spacial score (nSPS) is 10.3. The molecule has 2 aromatic rings. The number of carbonyl (C=O) groups is 1. The smallest absolute Gasteiger partial charge is 0.251 e. The van der Waals surface area contributed by atoms with Gasteiger partial charge in [-0.05, 0) is 41.8 Å². The average molecular weight is 397 g/mol. The highest BCUT2D eigenvalue weighted by molar-refractivity contribution is 9.10. The molecular weight excluding hydrogens is 382 g/mol. The van der Waals surface area contributed by atoms with Crippen molar-refractivity contribution in [1.29, 1.82) is 0 Å². The molecule has 0 saturated carbocycles. The van der Waals surface area contributed by atoms with Crippen LogP contribution >= 0.6 is 31.9 Å². The Morgan fingerprint density at radius 1 is 1.15 bits per heavy atom. The fourth-order valence-electron chi connectivity index (χ4n) is 1.89. The molecule has 0 unspecified atom stereocenters. The predicted octanol–water partition coefficient (Wildman–Crippen LogP) is 4.58. The van der Waals surface area contributed by atoms with Gasteiger partial charge in [0.15, 0.2) is 0 Å². The van der Waals surface area contributed by atoms with Crippen molar-refractivity contribution in [2.75, 3.05) is 0 Å². The third kappa shape index (κ3) is 3.93. The molecule has 4 heteroatoms. The Balaban J connectivity index is 2.02. The quantitative estimate of drug-likeness (QED) is 0.752. The molecule has 2 nitrogen and oxygen atoms in total. The molecule has 1 amide bonds. The van der Waals surface area contributed by atoms with Gasteiger partial charge in [-0.1, -0.05) is 56.1 Å². The van der Waals surface area contributed by atoms with Gasteiger partial charge in [0.25, 0.3) is 5.91 Å². The van der Waals surface area contributed by atoms with E-state index >= 15 is 0 Å². The first-order valence-corrected chi connectivity index (χ1v) is 8.19. The van der Waals surface area contributed by atoms with Crippen molar-refractivity contribution >= 4 is 37.8 Å². The van der Waals surface area contributed by atoms with E-state index in [9.17, 15) is 4.79 Å². The van der Waals surface area contributed by atoms with Gasteiger partial charge in [0.2, 0.25) is 0 Å². The predicted molar refractivity (Wildman–Crippen MR) is 89.1 cm³/mol. The molecule has 1 N–H and O–H groups in total. The lowest BCUT2D eigenvalue weighted by atomic mass is 10.1. The first-order chi connectivity index (χ1) is 9.60. The third-order valence-electron chi connectivity index (χ3n) is 3.02. The summed E-state index contributed by atoms with van der Waals surface area (Å²) >= 11 is 6.87. The number of amides is 1. The van der Waals surface area contributed by atoms with Gasteiger partial charge in [-0.2, -0.15) is 0 Å². The highest BCUT2D eigenvalue weighted by Gasteiger charge is 2.06. The van der Waals surface area contributed by atoms with E-state index in [1.165, 1.54) is 5.56 Å². The van der Waals surface area contributed by atoms with E-state index in [0.29, 0.717) is 12.1 Å². The van der Waals surface area contributed by atoms with Crippen molar-refractivity contribution in [3.8, 4) is 0 Å². The van der Waals surface area contributed by atoms with Crippen LogP contribution in [0.1, 0.15) is 27.0 Å². The number of aryl methyl sites for hydroxylation is 1. The first kappa shape index (κ1) is 15.3. The molecule has 0 radical (unpaired) electrons. The molecule has 0 saturated heterocycles. The van der Waals surface area contributed by atoms with E-state index in [-0.39, 0.29) is 5.91 Å². The standard InChI is InChI=1S/C16H15Br2NO/c1-11-7-14(5-6-15(11)18)16(20)19-10-13-4-2-3-12(8-13)9-17/h2-8H,9-10H2,1H3,(H,19,20). The fraction of sp³-hybridized carbons (Fsp3) is 0.188. The molecular formula is C16H15Br2NO. The van der Waals surface area contributed by atoms with Gasteiger partial charge in [0, 0.05) is 21.9 Å². The largest absolute Gasteiger partial charge is 0.348 e. The monoisotopic (exact) mass is 395 g/mol. The van der Waals surface area contributed by atoms with Gasteiger partial charge in [0.1, 0.15) is 0 Å². The topological polar surface area (TPSA) is 29.1 Å². The van der Waals surface area contributed by atoms with Gasteiger partial charge in [-0.25, -0.2) is 0 Å². The van der Waals surface area contributed by atoms with Gasteiger partial charge in [-0.3, -0.25) is 4.79 Å². The number of halogens is 2. The first-order valence-electron chi connectivity index (χ1n) is 6.28. The van der Waals surface area contributed by atoms with Gasteiger partial charge in [0.05, 0.1) is 0 Å². The maximum atomic E-state index is 12.1. The second-order valence-electron chi connectivity index (χ2n) is 4.60. The minimum Gasteiger partial charge on any atom is -0.348 e. The van der Waals surface area contributed by atoms with E-state index in [0.717, 1.165) is 20.9 Å². The van der Waals surface area contributed by atoms with E-state index in [1.807, 2.05) is 37.3 Å². The summed E-state index contributed by atoms with van der Waals surface area (Å²) in [5.41, 5.74) is 4.04. The average Bonchev–Trinajstić information content (AvgIpc) is 2.47. The fourth-order valence-corrected chi connectivity index (χ4v) is 2.49. The molecule has 0 aliphatic rings. The van der Waals surface area contributed by atoms with Crippen molar-refractivity contribution in [2.45, 2.75) is 18.8 Å². The number of nitrogens with one attached hydrogen (secondary N) is 1. The molecule has 0 heterocycles. The Kier molecular flexibility index (Phi) is 5.38. The number of carbonyl (C=O) groups excluding carboxylic acids is 1. The van der Waals surface area contributed by atoms with Crippen LogP contribution in [0.2, 0.25) is 0 Å². The van der Waals surface area contributed by atoms with Crippen LogP contribution in [0.5, 0.6) is 0 Å². The maximum absolute atomic E-state index is 12.1. The number of hydrogen-bond donors (Lipinski definition) is 1. The number of hydrogen-bond acceptors (Lipinski definition) is 1. The van der Waals surface area contributed by atoms with Gasteiger partial charge in [-0.15, -0.1) is 0 Å². The summed E-state index contributed by atoms with van der Waals surface area (Å²) in [5.74, 6) is -0.0511. The second kappa shape index (κ2) is 7.04. The highest BCUT2D eigenvalue weighted by Crippen LogP contribution is 2.17. The number of alkyl halides is 1. The molecule has 20 heavy (non-hydrogen) atoms. The van der Waals surface area contributed by atoms with Crippen molar-refractivity contribution in [2.24, 2.45) is 0 Å². The Morgan fingerprint density at radius 2 is 1.90 bits per heavy atom. The van der Waals surface area contributed by atoms with Crippen molar-refractivity contribution in [1.82, 2.24) is 5.32 Å². The second-order valence-corrected chi connectivity index (χ2v) is 6.02. The van der Waals surface area contributed by atoms with E-state index < -0.39 is 0 Å². The molecule has 0 aliphatic carbocycles. The zero-order valence-corrected chi connectivity index (χ0v) is 14.3. The SMILES string of the molecule is Cc1cc(C(=O)NCc2cccc(CBr)c2)ccc1Br. The summed E-state index contributed by atoms with van der Waals surface area (Å²) in [6, 6.07) is 13.8. The van der Waals surface area contributed by atoms with E-state index in [1.54, 1.807) is 0 Å². The summed E-state index contributed by atoms with van der Waals surface area (Å²) in [6.07, 6.45) is 0. The van der Waals surface area contributed by atoms with Crippen LogP contribution < -0.4 is 5.32 Å². The van der Waals surface area contributed by atoms with E-state index in [4.69, 9.17) is 0 Å². The van der Waals surface area contributed by atoms with Crippen molar-refractivity contribution in [3.63, 3.8) is 0 Å². The molecule has 2 aromatic carbocycles. The van der Waals surface area contributed by atoms with Crippen LogP contribution in [0.25, 0.3) is 0 Å². The van der Waals surface area contributed by atoms with Crippen LogP contribution in [0.3, 0.4) is 0 Å². The van der Waals surface area contributed by atoms with Crippen LogP contribution in [-0.2, 0) is 11.9 Å². The zero-order valence-electron chi connectivity index (χ0n) is 11.1. The van der Waals surface area contributed by atoms with Crippen LogP contribution in [-0.4, -0.2) is 5.91 Å². The summed E-state index contributed by atoms with van der Waals surface area (Å²) in [7, 11) is 0. The van der Waals surface area contributed by atoms with Crippen molar-refractivity contribution < 1.29 is 4.79 Å². The summed E-state index contributed by atoms with van der Waals surface area (Å²) < 4.78 is 1.01. The Morgan fingerprint density at radius 3 is 2.60 bits per heavy atom. The summed E-state index contributed by atoms with van der Waals surface area (Å²) in [4.78, 5) is 12.1.